The number of amides is 1. The maximum atomic E-state index is 12.2. The molecule has 4 aromatic rings. The number of hydrogen-bond donors (Lipinski definition) is 3. The summed E-state index contributed by atoms with van der Waals surface area (Å²) in [5.74, 6) is -0.0854. The van der Waals surface area contributed by atoms with Gasteiger partial charge in [-0.2, -0.15) is 0 Å². The number of hydrogen-bond acceptors (Lipinski definition) is 10. The molecule has 15 heteroatoms. The quantitative estimate of drug-likeness (QED) is 0.190. The number of halogens is 1. The average molecular weight is 600 g/mol. The molecule has 4 N–H and O–H groups in total. The normalized spacial score (nSPS) is 11.3. The summed E-state index contributed by atoms with van der Waals surface area (Å²) in [6.07, 6.45) is 3.32. The van der Waals surface area contributed by atoms with E-state index in [2.05, 4.69) is 20.0 Å². The smallest absolute Gasteiger partial charge is 0.263 e. The van der Waals surface area contributed by atoms with Crippen LogP contribution in [0.2, 0.25) is 0 Å². The zero-order valence-electron chi connectivity index (χ0n) is 19.1. The lowest BCUT2D eigenvalue weighted by molar-refractivity contribution is -0.115. The third-order valence-corrected chi connectivity index (χ3v) is 9.43. The summed E-state index contributed by atoms with van der Waals surface area (Å²) >= 11 is 7.99. The first-order valence-electron chi connectivity index (χ1n) is 10.4. The standard InChI is InChI=1S/C13H13ClN2O3S2.C9H9N3O2S2/c14-6-5-12(17)16-10-1-3-11(4-2-10)21(18,19)9-13-15-7-8-20-13;10-7-1-3-8(4-2-7)16(13,14)12-9-11-5-6-15-9/h1-4,7-8H,5-6,9H2,(H,16,17);1-6H,10H2,(H,11,12). The third-order valence-electron chi connectivity index (χ3n) is 4.46. The van der Waals surface area contributed by atoms with E-state index in [0.717, 1.165) is 0 Å². The highest BCUT2D eigenvalue weighted by Crippen LogP contribution is 2.20. The Bertz CT molecular complexity index is 1490. The van der Waals surface area contributed by atoms with Crippen LogP contribution in [0.1, 0.15) is 11.4 Å². The van der Waals surface area contributed by atoms with Gasteiger partial charge in [-0.1, -0.05) is 0 Å². The number of benzene rings is 2. The SMILES string of the molecule is Nc1ccc(S(=O)(=O)Nc2nccs2)cc1.O=C(CCCl)Nc1ccc(S(=O)(=O)Cc2nccs2)cc1. The lowest BCUT2D eigenvalue weighted by Crippen LogP contribution is -2.12. The number of nitrogens with zero attached hydrogens (tertiary/aromatic N) is 2. The monoisotopic (exact) mass is 599 g/mol. The molecule has 2 aromatic carbocycles. The van der Waals surface area contributed by atoms with Gasteiger partial charge in [0.15, 0.2) is 15.0 Å². The van der Waals surface area contributed by atoms with E-state index < -0.39 is 19.9 Å². The van der Waals surface area contributed by atoms with Gasteiger partial charge in [-0.3, -0.25) is 9.52 Å². The van der Waals surface area contributed by atoms with Gasteiger partial charge in [-0.25, -0.2) is 26.8 Å². The van der Waals surface area contributed by atoms with E-state index in [-0.39, 0.29) is 33.8 Å². The van der Waals surface area contributed by atoms with Crippen LogP contribution in [0.25, 0.3) is 0 Å². The molecule has 0 saturated heterocycles. The van der Waals surface area contributed by atoms with E-state index >= 15 is 0 Å². The molecule has 0 saturated carbocycles. The molecule has 196 valence electrons. The van der Waals surface area contributed by atoms with Crippen molar-refractivity contribution in [2.45, 2.75) is 22.0 Å². The van der Waals surface area contributed by atoms with Gasteiger partial charge in [0.05, 0.1) is 9.79 Å². The molecular formula is C22H22ClN5O5S4. The third kappa shape index (κ3) is 8.79. The molecule has 0 atom stereocenters. The van der Waals surface area contributed by atoms with Crippen molar-refractivity contribution in [1.82, 2.24) is 9.97 Å². The fourth-order valence-electron chi connectivity index (χ4n) is 2.72. The molecule has 0 spiro atoms. The number of rotatable bonds is 9. The predicted octanol–water partition coefficient (Wildman–Crippen LogP) is 4.21. The number of nitrogen functional groups attached to an aromatic ring is 1. The molecule has 0 aliphatic heterocycles. The maximum absolute atomic E-state index is 12.2. The molecule has 2 aromatic heterocycles. The Balaban J connectivity index is 0.000000213. The van der Waals surface area contributed by atoms with E-state index in [1.807, 2.05) is 0 Å². The van der Waals surface area contributed by atoms with Crippen molar-refractivity contribution in [3.63, 3.8) is 0 Å². The number of thiazole rings is 2. The molecular weight excluding hydrogens is 578 g/mol. The van der Waals surface area contributed by atoms with Gasteiger partial charge in [0.25, 0.3) is 10.0 Å². The second-order valence-electron chi connectivity index (χ2n) is 7.21. The molecule has 37 heavy (non-hydrogen) atoms. The highest BCUT2D eigenvalue weighted by molar-refractivity contribution is 7.93. The minimum absolute atomic E-state index is 0.122. The number of nitrogens with two attached hydrogens (primary N) is 1. The minimum Gasteiger partial charge on any atom is -0.399 e. The number of sulfone groups is 1. The number of anilines is 3. The Morgan fingerprint density at radius 3 is 2.08 bits per heavy atom. The summed E-state index contributed by atoms with van der Waals surface area (Å²) in [5.41, 5.74) is 6.54. The van der Waals surface area contributed by atoms with Crippen molar-refractivity contribution >= 4 is 76.5 Å². The van der Waals surface area contributed by atoms with E-state index in [0.29, 0.717) is 21.5 Å². The van der Waals surface area contributed by atoms with Gasteiger partial charge >= 0.3 is 0 Å². The summed E-state index contributed by atoms with van der Waals surface area (Å²) in [4.78, 5) is 19.6. The van der Waals surface area contributed by atoms with Gasteiger partial charge < -0.3 is 11.1 Å². The fourth-order valence-corrected chi connectivity index (χ4v) is 6.94. The lowest BCUT2D eigenvalue weighted by Gasteiger charge is -2.06. The molecule has 0 fully saturated rings. The second-order valence-corrected chi connectivity index (χ2v) is 13.1. The van der Waals surface area contributed by atoms with E-state index in [4.69, 9.17) is 17.3 Å². The van der Waals surface area contributed by atoms with Crippen LogP contribution in [-0.2, 0) is 30.4 Å². The van der Waals surface area contributed by atoms with Gasteiger partial charge in [-0.05, 0) is 48.5 Å². The van der Waals surface area contributed by atoms with Crippen molar-refractivity contribution < 1.29 is 21.6 Å². The first-order valence-corrected chi connectivity index (χ1v) is 15.9. The van der Waals surface area contributed by atoms with Gasteiger partial charge in [-0.15, -0.1) is 34.3 Å². The van der Waals surface area contributed by atoms with E-state index in [1.54, 1.807) is 29.1 Å². The minimum atomic E-state index is -3.56. The number of aromatic nitrogens is 2. The molecule has 0 unspecified atom stereocenters. The van der Waals surface area contributed by atoms with Crippen LogP contribution in [0, 0.1) is 0 Å². The van der Waals surface area contributed by atoms with Crippen molar-refractivity contribution in [3.8, 4) is 0 Å². The topological polar surface area (TPSA) is 161 Å². The molecule has 0 bridgehead atoms. The highest BCUT2D eigenvalue weighted by atomic mass is 35.5. The van der Waals surface area contributed by atoms with Crippen molar-refractivity contribution in [1.29, 1.82) is 0 Å². The molecule has 0 aliphatic rings. The second kappa shape index (κ2) is 13.0. The van der Waals surface area contributed by atoms with Crippen LogP contribution in [0.5, 0.6) is 0 Å². The molecule has 0 radical (unpaired) electrons. The van der Waals surface area contributed by atoms with Crippen LogP contribution in [-0.4, -0.2) is 38.6 Å². The van der Waals surface area contributed by atoms with Gasteiger partial charge in [0.2, 0.25) is 5.91 Å². The number of carbonyl (C=O) groups is 1. The highest BCUT2D eigenvalue weighted by Gasteiger charge is 2.17. The summed E-state index contributed by atoms with van der Waals surface area (Å²) < 4.78 is 50.4. The van der Waals surface area contributed by atoms with Gasteiger partial charge in [0, 0.05) is 46.8 Å². The Labute approximate surface area is 227 Å². The molecule has 2 heterocycles. The number of nitrogens with one attached hydrogen (secondary N) is 2. The summed E-state index contributed by atoms with van der Waals surface area (Å²) in [6.45, 7) is 0. The van der Waals surface area contributed by atoms with Crippen molar-refractivity contribution in [2.75, 3.05) is 21.7 Å². The fraction of sp³-hybridized carbons (Fsp3) is 0.136. The Kier molecular flexibility index (Phi) is 10.00. The van der Waals surface area contributed by atoms with Crippen molar-refractivity contribution in [3.05, 3.63) is 76.7 Å². The Morgan fingerprint density at radius 2 is 1.51 bits per heavy atom. The summed E-state index contributed by atoms with van der Waals surface area (Å²) in [5, 5.41) is 6.97. The maximum Gasteiger partial charge on any atom is 0.263 e. The lowest BCUT2D eigenvalue weighted by atomic mass is 10.3. The van der Waals surface area contributed by atoms with E-state index in [1.165, 1.54) is 65.3 Å². The largest absolute Gasteiger partial charge is 0.399 e. The molecule has 0 aliphatic carbocycles. The number of carbonyl (C=O) groups excluding carboxylic acids is 1. The van der Waals surface area contributed by atoms with Crippen LogP contribution in [0.3, 0.4) is 0 Å². The first-order chi connectivity index (χ1) is 17.6. The molecule has 10 nitrogen and oxygen atoms in total. The molecule has 1 amide bonds. The summed E-state index contributed by atoms with van der Waals surface area (Å²) in [7, 11) is -6.98. The van der Waals surface area contributed by atoms with Gasteiger partial charge in [0.1, 0.15) is 10.8 Å². The zero-order valence-corrected chi connectivity index (χ0v) is 23.1. The average Bonchev–Trinajstić information content (AvgIpc) is 3.54. The van der Waals surface area contributed by atoms with E-state index in [9.17, 15) is 21.6 Å². The Morgan fingerprint density at radius 1 is 0.892 bits per heavy atom. The molecule has 4 rings (SSSR count). The van der Waals surface area contributed by atoms with Crippen LogP contribution in [0.4, 0.5) is 16.5 Å². The number of sulfonamides is 1. The Hall–Kier alpha value is -3.04. The zero-order chi connectivity index (χ0) is 26.9. The van der Waals surface area contributed by atoms with Crippen LogP contribution >= 0.6 is 34.3 Å². The predicted molar refractivity (Wildman–Crippen MR) is 147 cm³/mol. The number of alkyl halides is 1. The van der Waals surface area contributed by atoms with Crippen molar-refractivity contribution in [2.24, 2.45) is 0 Å². The summed E-state index contributed by atoms with van der Waals surface area (Å²) in [6, 6.07) is 12.0. The van der Waals surface area contributed by atoms with Crippen LogP contribution < -0.4 is 15.8 Å². The first kappa shape index (κ1) is 28.5. The van der Waals surface area contributed by atoms with Crippen LogP contribution in [0.15, 0.2) is 81.5 Å².